The van der Waals surface area contributed by atoms with Gasteiger partial charge in [0, 0.05) is 22.2 Å². The maximum absolute atomic E-state index is 12.5. The molecule has 2 N–H and O–H groups in total. The minimum atomic E-state index is -0.996. The Morgan fingerprint density at radius 2 is 1.31 bits per heavy atom. The standard InChI is InChI=1S/C29H28O8S2/c1-36-19-10-16(20-15-27(39-25(20)14-19)22(31)7-9-29(34)35)4-3-5-17-12-24-18(11-23(17)37-2)13-26(38-24)21(30)6-8-28(32)33/h10-15H,3-9H2,1-2H3,(H,32,33)(H,34,35). The second kappa shape index (κ2) is 12.4. The van der Waals surface area contributed by atoms with E-state index in [2.05, 4.69) is 0 Å². The van der Waals surface area contributed by atoms with Crippen LogP contribution in [0, 0.1) is 0 Å². The van der Waals surface area contributed by atoms with Crippen LogP contribution in [-0.4, -0.2) is 47.9 Å². The summed E-state index contributed by atoms with van der Waals surface area (Å²) >= 11 is 2.70. The fourth-order valence-electron chi connectivity index (χ4n) is 4.43. The van der Waals surface area contributed by atoms with E-state index in [9.17, 15) is 19.2 Å². The Bertz CT molecular complexity index is 1560. The van der Waals surface area contributed by atoms with Crippen molar-refractivity contribution in [1.82, 2.24) is 0 Å². The van der Waals surface area contributed by atoms with Gasteiger partial charge in [0.1, 0.15) is 11.5 Å². The predicted molar refractivity (Wildman–Crippen MR) is 151 cm³/mol. The molecule has 39 heavy (non-hydrogen) atoms. The molecule has 204 valence electrons. The van der Waals surface area contributed by atoms with E-state index in [1.54, 1.807) is 20.3 Å². The lowest BCUT2D eigenvalue weighted by Crippen LogP contribution is -2.01. The van der Waals surface area contributed by atoms with Crippen molar-refractivity contribution in [3.8, 4) is 11.5 Å². The number of carbonyl (C=O) groups is 4. The van der Waals surface area contributed by atoms with Gasteiger partial charge < -0.3 is 19.7 Å². The number of aryl methyl sites for hydroxylation is 2. The van der Waals surface area contributed by atoms with E-state index in [-0.39, 0.29) is 37.2 Å². The summed E-state index contributed by atoms with van der Waals surface area (Å²) in [5.41, 5.74) is 2.05. The Kier molecular flexibility index (Phi) is 8.98. The molecule has 0 unspecified atom stereocenters. The zero-order chi connectivity index (χ0) is 28.1. The minimum absolute atomic E-state index is 0.0311. The van der Waals surface area contributed by atoms with Crippen molar-refractivity contribution in [2.45, 2.75) is 44.9 Å². The molecule has 0 spiro atoms. The molecule has 2 heterocycles. The average Bonchev–Trinajstić information content (AvgIpc) is 3.53. The monoisotopic (exact) mass is 568 g/mol. The Balaban J connectivity index is 1.53. The number of ether oxygens (including phenoxy) is 2. The molecule has 4 aromatic rings. The summed E-state index contributed by atoms with van der Waals surface area (Å²) in [6.07, 6.45) is 1.77. The fourth-order valence-corrected chi connectivity index (χ4v) is 6.61. The molecule has 0 aliphatic rings. The van der Waals surface area contributed by atoms with Crippen LogP contribution in [0.5, 0.6) is 11.5 Å². The summed E-state index contributed by atoms with van der Waals surface area (Å²) in [4.78, 5) is 47.7. The Labute approximate surface area is 232 Å². The second-order valence-corrected chi connectivity index (χ2v) is 11.3. The van der Waals surface area contributed by atoms with E-state index in [1.165, 1.54) is 22.7 Å². The van der Waals surface area contributed by atoms with Crippen LogP contribution in [0.15, 0.2) is 36.4 Å². The topological polar surface area (TPSA) is 127 Å². The van der Waals surface area contributed by atoms with Crippen molar-refractivity contribution < 1.29 is 38.9 Å². The fraction of sp³-hybridized carbons (Fsp3) is 0.310. The van der Waals surface area contributed by atoms with Crippen molar-refractivity contribution in [3.63, 3.8) is 0 Å². The van der Waals surface area contributed by atoms with Gasteiger partial charge in [0.15, 0.2) is 11.6 Å². The Morgan fingerprint density at radius 1 is 0.692 bits per heavy atom. The highest BCUT2D eigenvalue weighted by molar-refractivity contribution is 7.21. The quantitative estimate of drug-likeness (QED) is 0.167. The van der Waals surface area contributed by atoms with Crippen LogP contribution in [0.4, 0.5) is 0 Å². The first-order chi connectivity index (χ1) is 18.7. The first kappa shape index (κ1) is 28.3. The van der Waals surface area contributed by atoms with Gasteiger partial charge in [-0.05, 0) is 77.6 Å². The number of thiophene rings is 2. The number of methoxy groups -OCH3 is 2. The lowest BCUT2D eigenvalue weighted by Gasteiger charge is -2.10. The SMILES string of the molecule is COc1cc(CCCc2cc3sc(C(=O)CCC(=O)O)cc3cc2OC)c2cc(C(=O)CCC(=O)O)sc2c1. The van der Waals surface area contributed by atoms with Crippen molar-refractivity contribution in [2.24, 2.45) is 0 Å². The van der Waals surface area contributed by atoms with E-state index in [4.69, 9.17) is 19.7 Å². The van der Waals surface area contributed by atoms with Crippen molar-refractivity contribution >= 4 is 66.4 Å². The smallest absolute Gasteiger partial charge is 0.303 e. The van der Waals surface area contributed by atoms with E-state index in [0.29, 0.717) is 21.9 Å². The Morgan fingerprint density at radius 3 is 1.92 bits per heavy atom. The number of ketones is 2. The maximum atomic E-state index is 12.5. The molecule has 0 saturated carbocycles. The van der Waals surface area contributed by atoms with Crippen LogP contribution in [0.2, 0.25) is 0 Å². The number of carboxylic acids is 2. The predicted octanol–water partition coefficient (Wildman–Crippen LogP) is 6.40. The van der Waals surface area contributed by atoms with Gasteiger partial charge in [0.05, 0.1) is 36.8 Å². The number of rotatable bonds is 14. The van der Waals surface area contributed by atoms with Gasteiger partial charge in [-0.15, -0.1) is 22.7 Å². The lowest BCUT2D eigenvalue weighted by atomic mass is 9.99. The van der Waals surface area contributed by atoms with Crippen LogP contribution in [0.3, 0.4) is 0 Å². The molecular formula is C29H28O8S2. The molecule has 0 aliphatic heterocycles. The molecule has 10 heteroatoms. The van der Waals surface area contributed by atoms with Crippen LogP contribution in [0.25, 0.3) is 20.2 Å². The number of aliphatic carboxylic acids is 2. The Hall–Kier alpha value is -3.76. The molecule has 0 atom stereocenters. The first-order valence-electron chi connectivity index (χ1n) is 12.4. The molecule has 0 bridgehead atoms. The molecular weight excluding hydrogens is 540 g/mol. The number of benzene rings is 2. The molecule has 0 aliphatic carbocycles. The summed E-state index contributed by atoms with van der Waals surface area (Å²) in [6.45, 7) is 0. The number of carboxylic acid groups (broad SMARTS) is 2. The summed E-state index contributed by atoms with van der Waals surface area (Å²) in [7, 11) is 3.20. The highest BCUT2D eigenvalue weighted by Gasteiger charge is 2.17. The van der Waals surface area contributed by atoms with Gasteiger partial charge in [-0.3, -0.25) is 19.2 Å². The summed E-state index contributed by atoms with van der Waals surface area (Å²) in [5, 5.41) is 19.6. The molecule has 0 saturated heterocycles. The average molecular weight is 569 g/mol. The van der Waals surface area contributed by atoms with Gasteiger partial charge >= 0.3 is 11.9 Å². The zero-order valence-electron chi connectivity index (χ0n) is 21.6. The van der Waals surface area contributed by atoms with Gasteiger partial charge in [-0.1, -0.05) is 0 Å². The molecule has 0 radical (unpaired) electrons. The van der Waals surface area contributed by atoms with Gasteiger partial charge in [-0.25, -0.2) is 0 Å². The largest absolute Gasteiger partial charge is 0.497 e. The lowest BCUT2D eigenvalue weighted by molar-refractivity contribution is -0.137. The van der Waals surface area contributed by atoms with Crippen molar-refractivity contribution in [2.75, 3.05) is 14.2 Å². The number of Topliss-reactive ketones (excluding diaryl/α,β-unsaturated/α-hetero) is 2. The van der Waals surface area contributed by atoms with Crippen molar-refractivity contribution in [1.29, 1.82) is 0 Å². The molecule has 4 rings (SSSR count). The van der Waals surface area contributed by atoms with E-state index >= 15 is 0 Å². The third-order valence-electron chi connectivity index (χ3n) is 6.43. The van der Waals surface area contributed by atoms with E-state index in [1.807, 2.05) is 30.3 Å². The molecule has 8 nitrogen and oxygen atoms in total. The summed E-state index contributed by atoms with van der Waals surface area (Å²) in [6, 6.07) is 11.4. The first-order valence-corrected chi connectivity index (χ1v) is 14.0. The van der Waals surface area contributed by atoms with E-state index < -0.39 is 11.9 Å². The number of hydrogen-bond donors (Lipinski definition) is 2. The van der Waals surface area contributed by atoms with Crippen molar-refractivity contribution in [3.05, 3.63) is 57.3 Å². The summed E-state index contributed by atoms with van der Waals surface area (Å²) in [5.74, 6) is -0.936. The van der Waals surface area contributed by atoms with Crippen LogP contribution in [0.1, 0.15) is 62.6 Å². The van der Waals surface area contributed by atoms with Gasteiger partial charge in [0.25, 0.3) is 0 Å². The molecule has 0 fully saturated rings. The number of hydrogen-bond acceptors (Lipinski definition) is 8. The normalized spacial score (nSPS) is 11.1. The highest BCUT2D eigenvalue weighted by atomic mass is 32.1. The number of carbonyl (C=O) groups excluding carboxylic acids is 2. The second-order valence-electron chi connectivity index (χ2n) is 9.11. The van der Waals surface area contributed by atoms with Crippen LogP contribution < -0.4 is 9.47 Å². The summed E-state index contributed by atoms with van der Waals surface area (Å²) < 4.78 is 13.0. The maximum Gasteiger partial charge on any atom is 0.303 e. The molecule has 0 amide bonds. The minimum Gasteiger partial charge on any atom is -0.497 e. The zero-order valence-corrected chi connectivity index (χ0v) is 23.2. The van der Waals surface area contributed by atoms with Crippen LogP contribution in [-0.2, 0) is 22.4 Å². The van der Waals surface area contributed by atoms with Crippen LogP contribution >= 0.6 is 22.7 Å². The highest BCUT2D eigenvalue weighted by Crippen LogP contribution is 2.36. The third-order valence-corrected chi connectivity index (χ3v) is 8.69. The number of fused-ring (bicyclic) bond motifs is 2. The third kappa shape index (κ3) is 6.82. The molecule has 2 aromatic carbocycles. The van der Waals surface area contributed by atoms with Gasteiger partial charge in [0.2, 0.25) is 0 Å². The van der Waals surface area contributed by atoms with Gasteiger partial charge in [-0.2, -0.15) is 0 Å². The van der Waals surface area contributed by atoms with E-state index in [0.717, 1.165) is 49.9 Å². The molecule has 2 aromatic heterocycles.